The van der Waals surface area contributed by atoms with Gasteiger partial charge in [0.2, 0.25) is 11.9 Å². The van der Waals surface area contributed by atoms with Gasteiger partial charge in [-0.3, -0.25) is 14.2 Å². The highest BCUT2D eigenvalue weighted by atomic mass is 35.5. The second-order valence-corrected chi connectivity index (χ2v) is 8.47. The summed E-state index contributed by atoms with van der Waals surface area (Å²) >= 11 is 18.9. The third-order valence-electron chi connectivity index (χ3n) is 4.97. The molecule has 0 saturated carbocycles. The van der Waals surface area contributed by atoms with Crippen LogP contribution in [0, 0.1) is 0 Å². The molecule has 7 N–H and O–H groups in total. The molecule has 4 rings (SSSR count). The smallest absolute Gasteiger partial charge is 0.267 e. The first-order valence-corrected chi connectivity index (χ1v) is 10.9. The molecule has 1 amide bonds. The Balaban J connectivity index is 1.99. The second-order valence-electron chi connectivity index (χ2n) is 7.27. The van der Waals surface area contributed by atoms with Gasteiger partial charge in [-0.05, 0) is 37.3 Å². The maximum absolute atomic E-state index is 13.7. The van der Waals surface area contributed by atoms with Crippen molar-refractivity contribution in [2.45, 2.75) is 13.0 Å². The first kappa shape index (κ1) is 23.6. The van der Waals surface area contributed by atoms with Crippen LogP contribution in [-0.4, -0.2) is 25.4 Å². The summed E-state index contributed by atoms with van der Waals surface area (Å²) in [5.41, 5.74) is 17.2. The number of carbonyl (C=O) groups excluding carboxylic acids is 1. The van der Waals surface area contributed by atoms with Gasteiger partial charge in [0.25, 0.3) is 5.56 Å². The number of halogens is 3. The van der Waals surface area contributed by atoms with Crippen LogP contribution in [0.1, 0.15) is 29.1 Å². The Morgan fingerprint density at radius 2 is 1.76 bits per heavy atom. The molecule has 1 atom stereocenters. The van der Waals surface area contributed by atoms with Crippen molar-refractivity contribution in [3.8, 4) is 5.69 Å². The predicted octanol–water partition coefficient (Wildman–Crippen LogP) is 3.57. The van der Waals surface area contributed by atoms with E-state index in [-0.39, 0.29) is 54.9 Å². The van der Waals surface area contributed by atoms with E-state index in [4.69, 9.17) is 52.0 Å². The van der Waals surface area contributed by atoms with Gasteiger partial charge in [-0.25, -0.2) is 4.98 Å². The summed E-state index contributed by atoms with van der Waals surface area (Å²) in [5.74, 6) is -0.407. The largest absolute Gasteiger partial charge is 0.382 e. The van der Waals surface area contributed by atoms with E-state index < -0.39 is 17.5 Å². The molecule has 0 aliphatic heterocycles. The molecule has 0 bridgehead atoms. The van der Waals surface area contributed by atoms with Crippen LogP contribution >= 0.6 is 34.8 Å². The molecule has 2 aromatic carbocycles. The molecular weight excluding hydrogens is 503 g/mol. The number of nitrogen functional groups attached to an aromatic ring is 2. The standard InChI is InChI=1S/C21H17Cl3N8O2/c1-8(28-18-14(24)16(25)30-21(27)31-18)19-29-15-12(23)6-5-11(22)13(15)20(34)32(19)10-4-2-3-9(7-10)17(26)33/h2-8H,1H3,(H2,26,33)(H5,25,27,28,30,31)/t8-/m0/s1. The molecule has 34 heavy (non-hydrogen) atoms. The van der Waals surface area contributed by atoms with E-state index in [9.17, 15) is 9.59 Å². The van der Waals surface area contributed by atoms with Gasteiger partial charge in [-0.15, -0.1) is 0 Å². The van der Waals surface area contributed by atoms with Crippen molar-refractivity contribution in [2.75, 3.05) is 16.8 Å². The Hall–Kier alpha value is -3.60. The van der Waals surface area contributed by atoms with E-state index in [1.165, 1.54) is 22.8 Å². The van der Waals surface area contributed by atoms with Crippen molar-refractivity contribution in [2.24, 2.45) is 5.73 Å². The van der Waals surface area contributed by atoms with Gasteiger partial charge in [0.1, 0.15) is 16.7 Å². The fourth-order valence-corrected chi connectivity index (χ4v) is 3.99. The highest BCUT2D eigenvalue weighted by Crippen LogP contribution is 2.31. The third-order valence-corrected chi connectivity index (χ3v) is 5.97. The summed E-state index contributed by atoms with van der Waals surface area (Å²) in [7, 11) is 0. The lowest BCUT2D eigenvalue weighted by molar-refractivity contribution is 0.1000. The minimum absolute atomic E-state index is 0.0169. The van der Waals surface area contributed by atoms with E-state index in [0.29, 0.717) is 5.69 Å². The zero-order valence-corrected chi connectivity index (χ0v) is 19.8. The summed E-state index contributed by atoms with van der Waals surface area (Å²) in [5, 5.41) is 3.61. The van der Waals surface area contributed by atoms with Crippen LogP contribution < -0.4 is 28.1 Å². The van der Waals surface area contributed by atoms with Crippen LogP contribution in [0.2, 0.25) is 15.1 Å². The number of amides is 1. The van der Waals surface area contributed by atoms with E-state index in [1.54, 1.807) is 25.1 Å². The quantitative estimate of drug-likeness (QED) is 0.310. The average Bonchev–Trinajstić information content (AvgIpc) is 2.79. The number of aromatic nitrogens is 4. The maximum Gasteiger partial charge on any atom is 0.267 e. The lowest BCUT2D eigenvalue weighted by atomic mass is 10.1. The van der Waals surface area contributed by atoms with Crippen LogP contribution in [0.3, 0.4) is 0 Å². The normalized spacial score (nSPS) is 12.0. The number of rotatable bonds is 5. The average molecular weight is 520 g/mol. The zero-order valence-electron chi connectivity index (χ0n) is 17.5. The molecule has 0 unspecified atom stereocenters. The molecule has 0 aliphatic carbocycles. The summed E-state index contributed by atoms with van der Waals surface area (Å²) in [6.07, 6.45) is 0. The fraction of sp³-hybridized carbons (Fsp3) is 0.0952. The van der Waals surface area contributed by atoms with Gasteiger partial charge in [-0.1, -0.05) is 40.9 Å². The monoisotopic (exact) mass is 518 g/mol. The Morgan fingerprint density at radius 3 is 2.47 bits per heavy atom. The van der Waals surface area contributed by atoms with Gasteiger partial charge in [0, 0.05) is 5.56 Å². The molecule has 4 aromatic rings. The molecule has 0 saturated heterocycles. The fourth-order valence-electron chi connectivity index (χ4n) is 3.42. The van der Waals surface area contributed by atoms with Crippen LogP contribution in [0.25, 0.3) is 16.6 Å². The van der Waals surface area contributed by atoms with E-state index in [0.717, 1.165) is 0 Å². The molecular formula is C21H17Cl3N8O2. The molecule has 2 heterocycles. The number of nitrogens with zero attached hydrogens (tertiary/aromatic N) is 4. The number of nitrogens with two attached hydrogens (primary N) is 3. The van der Waals surface area contributed by atoms with Crippen molar-refractivity contribution in [3.63, 3.8) is 0 Å². The van der Waals surface area contributed by atoms with Crippen molar-refractivity contribution >= 4 is 69.2 Å². The van der Waals surface area contributed by atoms with Crippen molar-refractivity contribution < 1.29 is 4.79 Å². The number of nitrogens with one attached hydrogen (secondary N) is 1. The van der Waals surface area contributed by atoms with Crippen LogP contribution in [0.15, 0.2) is 41.2 Å². The SMILES string of the molecule is C[C@H](Nc1nc(N)nc(N)c1Cl)c1nc2c(Cl)ccc(Cl)c2c(=O)n1-c1cccc(C(N)=O)c1. The Labute approximate surface area is 207 Å². The second kappa shape index (κ2) is 8.98. The summed E-state index contributed by atoms with van der Waals surface area (Å²) in [6.45, 7) is 1.71. The van der Waals surface area contributed by atoms with Crippen LogP contribution in [0.4, 0.5) is 17.6 Å². The zero-order chi connectivity index (χ0) is 24.7. The number of anilines is 3. The molecule has 2 aromatic heterocycles. The minimum atomic E-state index is -0.685. The Morgan fingerprint density at radius 1 is 1.06 bits per heavy atom. The number of benzene rings is 2. The molecule has 0 spiro atoms. The van der Waals surface area contributed by atoms with Crippen molar-refractivity contribution in [1.29, 1.82) is 0 Å². The van der Waals surface area contributed by atoms with E-state index >= 15 is 0 Å². The van der Waals surface area contributed by atoms with E-state index in [2.05, 4.69) is 20.3 Å². The molecule has 13 heteroatoms. The molecule has 10 nitrogen and oxygen atoms in total. The number of hydrogen-bond donors (Lipinski definition) is 4. The predicted molar refractivity (Wildman–Crippen MR) is 134 cm³/mol. The van der Waals surface area contributed by atoms with Gasteiger partial charge in [0.05, 0.1) is 32.7 Å². The molecule has 0 radical (unpaired) electrons. The molecule has 0 aliphatic rings. The summed E-state index contributed by atoms with van der Waals surface area (Å²) < 4.78 is 1.30. The third kappa shape index (κ3) is 4.18. The number of fused-ring (bicyclic) bond motifs is 1. The number of carbonyl (C=O) groups is 1. The lowest BCUT2D eigenvalue weighted by Gasteiger charge is -2.21. The summed E-state index contributed by atoms with van der Waals surface area (Å²) in [6, 6.07) is 8.59. The first-order valence-electron chi connectivity index (χ1n) is 9.74. The van der Waals surface area contributed by atoms with Crippen LogP contribution in [0.5, 0.6) is 0 Å². The maximum atomic E-state index is 13.7. The summed E-state index contributed by atoms with van der Waals surface area (Å²) in [4.78, 5) is 38.0. The number of primary amides is 1. The van der Waals surface area contributed by atoms with Crippen LogP contribution in [-0.2, 0) is 0 Å². The topological polar surface area (TPSA) is 168 Å². The molecule has 174 valence electrons. The van der Waals surface area contributed by atoms with Gasteiger partial charge >= 0.3 is 0 Å². The van der Waals surface area contributed by atoms with E-state index in [1.807, 2.05) is 0 Å². The van der Waals surface area contributed by atoms with Gasteiger partial charge in [0.15, 0.2) is 5.82 Å². The lowest BCUT2D eigenvalue weighted by Crippen LogP contribution is -2.28. The molecule has 0 fully saturated rings. The van der Waals surface area contributed by atoms with Gasteiger partial charge in [-0.2, -0.15) is 9.97 Å². The highest BCUT2D eigenvalue weighted by Gasteiger charge is 2.23. The van der Waals surface area contributed by atoms with Crippen molar-refractivity contribution in [1.82, 2.24) is 19.5 Å². The number of hydrogen-bond acceptors (Lipinski definition) is 8. The van der Waals surface area contributed by atoms with Gasteiger partial charge < -0.3 is 22.5 Å². The minimum Gasteiger partial charge on any atom is -0.382 e. The Bertz CT molecular complexity index is 1520. The first-order chi connectivity index (χ1) is 16.1. The van der Waals surface area contributed by atoms with Crippen molar-refractivity contribution in [3.05, 3.63) is 73.2 Å². The highest BCUT2D eigenvalue weighted by molar-refractivity contribution is 6.39. The Kier molecular flexibility index (Phi) is 6.22.